The van der Waals surface area contributed by atoms with Crippen molar-refractivity contribution in [3.05, 3.63) is 84.2 Å². The highest BCUT2D eigenvalue weighted by Gasteiger charge is 2.13. The fraction of sp³-hybridized carbons (Fsp3) is 0.174. The first-order chi connectivity index (χ1) is 13.6. The number of likely N-dealkylation sites (N-methyl/N-ethyl adjacent to an activating group) is 1. The monoisotopic (exact) mass is 379 g/mol. The molecule has 0 saturated carbocycles. The SMILES string of the molecule is COc1ccc(CN(C)C(=O)COc2ccccc2-c2ccccc2)cc1F. The van der Waals surface area contributed by atoms with Gasteiger partial charge < -0.3 is 14.4 Å². The van der Waals surface area contributed by atoms with E-state index in [1.54, 1.807) is 19.2 Å². The van der Waals surface area contributed by atoms with Gasteiger partial charge in [-0.25, -0.2) is 4.39 Å². The second-order valence-corrected chi connectivity index (χ2v) is 6.37. The Hall–Kier alpha value is -3.34. The fourth-order valence-corrected chi connectivity index (χ4v) is 2.87. The van der Waals surface area contributed by atoms with Crippen LogP contribution in [0.5, 0.6) is 11.5 Å². The van der Waals surface area contributed by atoms with Gasteiger partial charge in [-0.2, -0.15) is 0 Å². The number of carbonyl (C=O) groups is 1. The number of methoxy groups -OCH3 is 1. The smallest absolute Gasteiger partial charge is 0.260 e. The Balaban J connectivity index is 1.64. The van der Waals surface area contributed by atoms with Crippen molar-refractivity contribution in [1.29, 1.82) is 0 Å². The van der Waals surface area contributed by atoms with Crippen LogP contribution in [0.3, 0.4) is 0 Å². The second-order valence-electron chi connectivity index (χ2n) is 6.37. The summed E-state index contributed by atoms with van der Waals surface area (Å²) in [5.41, 5.74) is 2.63. The van der Waals surface area contributed by atoms with Crippen LogP contribution >= 0.6 is 0 Å². The lowest BCUT2D eigenvalue weighted by Gasteiger charge is -2.19. The second kappa shape index (κ2) is 9.04. The third-order valence-corrected chi connectivity index (χ3v) is 4.38. The highest BCUT2D eigenvalue weighted by molar-refractivity contribution is 5.78. The molecule has 3 rings (SSSR count). The molecule has 0 aromatic heterocycles. The average molecular weight is 379 g/mol. The standard InChI is InChI=1S/C23H22FNO3/c1-25(15-17-12-13-22(27-2)20(24)14-17)23(26)16-28-21-11-7-6-10-19(21)18-8-4-3-5-9-18/h3-14H,15-16H2,1-2H3. The topological polar surface area (TPSA) is 38.8 Å². The summed E-state index contributed by atoms with van der Waals surface area (Å²) in [7, 11) is 3.08. The quantitative estimate of drug-likeness (QED) is 0.605. The number of benzene rings is 3. The van der Waals surface area contributed by atoms with E-state index < -0.39 is 5.82 Å². The van der Waals surface area contributed by atoms with Crippen molar-refractivity contribution in [3.63, 3.8) is 0 Å². The number of rotatable bonds is 7. The van der Waals surface area contributed by atoms with Gasteiger partial charge in [0.25, 0.3) is 5.91 Å². The van der Waals surface area contributed by atoms with Crippen molar-refractivity contribution in [2.24, 2.45) is 0 Å². The minimum absolute atomic E-state index is 0.0982. The van der Waals surface area contributed by atoms with Gasteiger partial charge in [0.05, 0.1) is 7.11 Å². The molecule has 0 unspecified atom stereocenters. The molecule has 0 aliphatic rings. The zero-order valence-corrected chi connectivity index (χ0v) is 15.9. The molecule has 0 aliphatic heterocycles. The van der Waals surface area contributed by atoms with Gasteiger partial charge in [0, 0.05) is 19.2 Å². The van der Waals surface area contributed by atoms with Crippen LogP contribution < -0.4 is 9.47 Å². The van der Waals surface area contributed by atoms with Gasteiger partial charge in [-0.05, 0) is 29.3 Å². The highest BCUT2D eigenvalue weighted by Crippen LogP contribution is 2.29. The van der Waals surface area contributed by atoms with Gasteiger partial charge in [-0.15, -0.1) is 0 Å². The van der Waals surface area contributed by atoms with Crippen LogP contribution in [0.2, 0.25) is 0 Å². The number of amides is 1. The van der Waals surface area contributed by atoms with Gasteiger partial charge in [0.1, 0.15) is 5.75 Å². The number of carbonyl (C=O) groups excluding carboxylic acids is 1. The Morgan fingerprint density at radius 2 is 1.68 bits per heavy atom. The average Bonchev–Trinajstić information content (AvgIpc) is 2.73. The third-order valence-electron chi connectivity index (χ3n) is 4.38. The van der Waals surface area contributed by atoms with Crippen molar-refractivity contribution >= 4 is 5.91 Å². The van der Waals surface area contributed by atoms with Gasteiger partial charge in [0.15, 0.2) is 18.2 Å². The first-order valence-electron chi connectivity index (χ1n) is 8.92. The van der Waals surface area contributed by atoms with Gasteiger partial charge >= 0.3 is 0 Å². The number of halogens is 1. The lowest BCUT2D eigenvalue weighted by Crippen LogP contribution is -2.31. The predicted molar refractivity (Wildman–Crippen MR) is 107 cm³/mol. The Labute approximate surface area is 164 Å². The zero-order chi connectivity index (χ0) is 19.9. The molecular weight excluding hydrogens is 357 g/mol. The van der Waals surface area contributed by atoms with Crippen LogP contribution in [0.4, 0.5) is 4.39 Å². The Morgan fingerprint density at radius 1 is 0.964 bits per heavy atom. The van der Waals surface area contributed by atoms with E-state index in [1.807, 2.05) is 54.6 Å². The summed E-state index contributed by atoms with van der Waals surface area (Å²) in [6.07, 6.45) is 0. The largest absolute Gasteiger partial charge is 0.494 e. The van der Waals surface area contributed by atoms with Gasteiger partial charge in [-0.1, -0.05) is 54.6 Å². The van der Waals surface area contributed by atoms with Crippen molar-refractivity contribution < 1.29 is 18.7 Å². The lowest BCUT2D eigenvalue weighted by atomic mass is 10.1. The highest BCUT2D eigenvalue weighted by atomic mass is 19.1. The van der Waals surface area contributed by atoms with Crippen molar-refractivity contribution in [2.75, 3.05) is 20.8 Å². The molecule has 5 heteroatoms. The van der Waals surface area contributed by atoms with Crippen LogP contribution in [-0.2, 0) is 11.3 Å². The van der Waals surface area contributed by atoms with E-state index in [4.69, 9.17) is 9.47 Å². The van der Waals surface area contributed by atoms with Crippen molar-refractivity contribution in [1.82, 2.24) is 4.90 Å². The summed E-state index contributed by atoms with van der Waals surface area (Å²) in [5, 5.41) is 0. The summed E-state index contributed by atoms with van der Waals surface area (Å²) < 4.78 is 24.5. The molecule has 0 atom stereocenters. The molecule has 0 radical (unpaired) electrons. The third kappa shape index (κ3) is 4.68. The fourth-order valence-electron chi connectivity index (χ4n) is 2.87. The number of hydrogen-bond donors (Lipinski definition) is 0. The molecule has 3 aromatic rings. The maximum absolute atomic E-state index is 13.8. The zero-order valence-electron chi connectivity index (χ0n) is 15.9. The van der Waals surface area contributed by atoms with Crippen molar-refractivity contribution in [2.45, 2.75) is 6.54 Å². The summed E-state index contributed by atoms with van der Waals surface area (Å²) in [4.78, 5) is 14.0. The number of nitrogens with zero attached hydrogens (tertiary/aromatic N) is 1. The minimum atomic E-state index is -0.450. The van der Waals surface area contributed by atoms with Gasteiger partial charge in [-0.3, -0.25) is 4.79 Å². The van der Waals surface area contributed by atoms with E-state index in [0.29, 0.717) is 11.3 Å². The normalized spacial score (nSPS) is 10.4. The maximum Gasteiger partial charge on any atom is 0.260 e. The van der Waals surface area contributed by atoms with E-state index in [9.17, 15) is 9.18 Å². The molecule has 0 bridgehead atoms. The molecule has 0 heterocycles. The Bertz CT molecular complexity index is 944. The molecule has 0 N–H and O–H groups in total. The summed E-state index contributed by atoms with van der Waals surface area (Å²) in [5.74, 6) is 0.178. The summed E-state index contributed by atoms with van der Waals surface area (Å²) in [6, 6.07) is 22.1. The lowest BCUT2D eigenvalue weighted by molar-refractivity contribution is -0.132. The van der Waals surface area contributed by atoms with Crippen LogP contribution in [-0.4, -0.2) is 31.6 Å². The molecule has 28 heavy (non-hydrogen) atoms. The predicted octanol–water partition coefficient (Wildman–Crippen LogP) is 4.54. The van der Waals surface area contributed by atoms with Gasteiger partial charge in [0.2, 0.25) is 0 Å². The number of ether oxygens (including phenoxy) is 2. The Kier molecular flexibility index (Phi) is 6.27. The van der Waals surface area contributed by atoms with Crippen LogP contribution in [0, 0.1) is 5.82 Å². The maximum atomic E-state index is 13.8. The van der Waals surface area contributed by atoms with Crippen LogP contribution in [0.1, 0.15) is 5.56 Å². The van der Waals surface area contributed by atoms with E-state index in [0.717, 1.165) is 11.1 Å². The first kappa shape index (κ1) is 19.4. The molecule has 0 aliphatic carbocycles. The Morgan fingerprint density at radius 3 is 2.39 bits per heavy atom. The molecule has 0 spiro atoms. The molecule has 144 valence electrons. The van der Waals surface area contributed by atoms with Crippen LogP contribution in [0.25, 0.3) is 11.1 Å². The molecule has 0 saturated heterocycles. The van der Waals surface area contributed by atoms with E-state index in [1.165, 1.54) is 18.1 Å². The van der Waals surface area contributed by atoms with Crippen molar-refractivity contribution in [3.8, 4) is 22.6 Å². The molecule has 4 nitrogen and oxygen atoms in total. The molecule has 0 fully saturated rings. The molecule has 3 aromatic carbocycles. The summed E-state index contributed by atoms with van der Waals surface area (Å²) >= 11 is 0. The van der Waals surface area contributed by atoms with E-state index in [-0.39, 0.29) is 24.8 Å². The summed E-state index contributed by atoms with van der Waals surface area (Å²) in [6.45, 7) is 0.183. The molecule has 1 amide bonds. The molecular formula is C23H22FNO3. The van der Waals surface area contributed by atoms with Crippen LogP contribution in [0.15, 0.2) is 72.8 Å². The van der Waals surface area contributed by atoms with E-state index >= 15 is 0 Å². The number of hydrogen-bond acceptors (Lipinski definition) is 3. The minimum Gasteiger partial charge on any atom is -0.494 e. The first-order valence-corrected chi connectivity index (χ1v) is 8.92. The van der Waals surface area contributed by atoms with E-state index in [2.05, 4.69) is 0 Å². The number of para-hydroxylation sites is 1.